The van der Waals surface area contributed by atoms with E-state index >= 15 is 0 Å². The van der Waals surface area contributed by atoms with Crippen LogP contribution in [0.15, 0.2) is 115 Å². The molecule has 1 aliphatic rings. The van der Waals surface area contributed by atoms with Crippen LogP contribution in [0, 0.1) is 22.7 Å². The van der Waals surface area contributed by atoms with Crippen molar-refractivity contribution >= 4 is 49.4 Å². The minimum Gasteiger partial charge on any atom is -0.309 e. The van der Waals surface area contributed by atoms with E-state index in [0.29, 0.717) is 16.7 Å². The van der Waals surface area contributed by atoms with E-state index in [0.717, 1.165) is 32.8 Å². The van der Waals surface area contributed by atoms with Gasteiger partial charge in [0.1, 0.15) is 0 Å². The molecule has 0 amide bonds. The van der Waals surface area contributed by atoms with Crippen LogP contribution in [0.5, 0.6) is 0 Å². The highest BCUT2D eigenvalue weighted by Crippen LogP contribution is 2.54. The zero-order valence-electron chi connectivity index (χ0n) is 23.3. The second-order valence-electron chi connectivity index (χ2n) is 11.6. The molecule has 42 heavy (non-hydrogen) atoms. The second kappa shape index (κ2) is 8.68. The minimum atomic E-state index is -0.135. The fourth-order valence-electron chi connectivity index (χ4n) is 7.18. The third-order valence-electron chi connectivity index (χ3n) is 9.05. The molecule has 3 heteroatoms. The van der Waals surface area contributed by atoms with Crippen LogP contribution in [0.2, 0.25) is 0 Å². The molecule has 0 aromatic heterocycles. The first-order chi connectivity index (χ1) is 20.5. The van der Waals surface area contributed by atoms with Gasteiger partial charge in [-0.25, -0.2) is 0 Å². The first-order valence-electron chi connectivity index (χ1n) is 14.2. The second-order valence-corrected chi connectivity index (χ2v) is 11.6. The number of fused-ring (bicyclic) bond motifs is 2. The molecule has 1 aliphatic heterocycles. The van der Waals surface area contributed by atoms with Gasteiger partial charge in [-0.2, -0.15) is 10.5 Å². The Morgan fingerprint density at radius 1 is 0.548 bits per heavy atom. The first kappa shape index (κ1) is 24.2. The van der Waals surface area contributed by atoms with Gasteiger partial charge in [0, 0.05) is 16.4 Å². The molecular formula is C39H25N3. The van der Waals surface area contributed by atoms with Gasteiger partial charge in [0.05, 0.1) is 40.3 Å². The minimum absolute atomic E-state index is 0.135. The van der Waals surface area contributed by atoms with Gasteiger partial charge in [0.25, 0.3) is 0 Å². The highest BCUT2D eigenvalue weighted by atomic mass is 15.2. The molecule has 0 saturated carbocycles. The van der Waals surface area contributed by atoms with Crippen LogP contribution in [-0.2, 0) is 5.41 Å². The molecule has 8 rings (SSSR count). The molecule has 7 aromatic rings. The molecule has 0 unspecified atom stereocenters. The Labute approximate surface area is 244 Å². The summed E-state index contributed by atoms with van der Waals surface area (Å²) in [6.07, 6.45) is 0. The van der Waals surface area contributed by atoms with Crippen LogP contribution in [0.3, 0.4) is 0 Å². The summed E-state index contributed by atoms with van der Waals surface area (Å²) >= 11 is 0. The number of nitriles is 2. The molecule has 0 N–H and O–H groups in total. The molecule has 0 radical (unpaired) electrons. The number of hydrogen-bond donors (Lipinski definition) is 0. The fourth-order valence-corrected chi connectivity index (χ4v) is 7.18. The highest BCUT2D eigenvalue weighted by Gasteiger charge is 2.37. The smallest absolute Gasteiger partial charge is 0.0998 e. The number of hydrogen-bond acceptors (Lipinski definition) is 3. The lowest BCUT2D eigenvalue weighted by molar-refractivity contribution is 0.632. The van der Waals surface area contributed by atoms with Crippen LogP contribution in [0.4, 0.5) is 17.1 Å². The SMILES string of the molecule is CC1(C)c2ccccc2N(c2cc3cccc4c(-c5c(C#N)cccc5C#N)cc5cccc2c5c34)c2ccccc21. The van der Waals surface area contributed by atoms with Crippen molar-refractivity contribution < 1.29 is 0 Å². The Morgan fingerprint density at radius 3 is 1.69 bits per heavy atom. The average Bonchev–Trinajstić information content (AvgIpc) is 3.03. The number of benzene rings is 7. The predicted octanol–water partition coefficient (Wildman–Crippen LogP) is 10.1. The first-order valence-corrected chi connectivity index (χ1v) is 14.2. The highest BCUT2D eigenvalue weighted by molar-refractivity contribution is 6.29. The summed E-state index contributed by atoms with van der Waals surface area (Å²) in [6.45, 7) is 4.62. The topological polar surface area (TPSA) is 50.8 Å². The Balaban J connectivity index is 1.50. The van der Waals surface area contributed by atoms with Gasteiger partial charge >= 0.3 is 0 Å². The predicted molar refractivity (Wildman–Crippen MR) is 172 cm³/mol. The van der Waals surface area contributed by atoms with E-state index < -0.39 is 0 Å². The zero-order chi connectivity index (χ0) is 28.6. The van der Waals surface area contributed by atoms with E-state index in [9.17, 15) is 10.5 Å². The third-order valence-corrected chi connectivity index (χ3v) is 9.05. The van der Waals surface area contributed by atoms with Crippen molar-refractivity contribution in [2.75, 3.05) is 4.90 Å². The lowest BCUT2D eigenvalue weighted by Gasteiger charge is -2.42. The van der Waals surface area contributed by atoms with Crippen LogP contribution < -0.4 is 4.90 Å². The van der Waals surface area contributed by atoms with Crippen molar-refractivity contribution in [1.29, 1.82) is 10.5 Å². The standard InChI is InChI=1S/C39H25N3/c1-39(2)31-16-3-5-18-33(31)42(34-19-6-4-17-32(34)39)35-21-25-11-8-14-28-30(36-26(22-40)12-7-13-27(36)23-41)20-24-10-9-15-29(35)38(24)37(25)28/h3-21H,1-2H3. The Hall–Kier alpha value is -5.64. The Bertz CT molecular complexity index is 2230. The van der Waals surface area contributed by atoms with Crippen molar-refractivity contribution in [3.8, 4) is 23.3 Å². The van der Waals surface area contributed by atoms with Crippen molar-refractivity contribution in [2.45, 2.75) is 19.3 Å². The van der Waals surface area contributed by atoms with Crippen LogP contribution in [-0.4, -0.2) is 0 Å². The third kappa shape index (κ3) is 3.14. The zero-order valence-corrected chi connectivity index (χ0v) is 23.3. The molecule has 196 valence electrons. The number of rotatable bonds is 2. The summed E-state index contributed by atoms with van der Waals surface area (Å²) in [7, 11) is 0. The molecule has 0 atom stereocenters. The number of nitrogens with zero attached hydrogens (tertiary/aromatic N) is 3. The number of para-hydroxylation sites is 2. The summed E-state index contributed by atoms with van der Waals surface area (Å²) in [6, 6.07) is 44.8. The Kier molecular flexibility index (Phi) is 5.00. The maximum absolute atomic E-state index is 10.00. The van der Waals surface area contributed by atoms with Gasteiger partial charge in [-0.3, -0.25) is 0 Å². The van der Waals surface area contributed by atoms with Crippen LogP contribution >= 0.6 is 0 Å². The summed E-state index contributed by atoms with van der Waals surface area (Å²) < 4.78 is 0. The van der Waals surface area contributed by atoms with E-state index in [4.69, 9.17) is 0 Å². The van der Waals surface area contributed by atoms with Gasteiger partial charge in [-0.05, 0) is 80.0 Å². The van der Waals surface area contributed by atoms with Gasteiger partial charge in [-0.1, -0.05) is 92.7 Å². The van der Waals surface area contributed by atoms with Crippen molar-refractivity contribution in [1.82, 2.24) is 0 Å². The summed E-state index contributed by atoms with van der Waals surface area (Å²) in [5.41, 5.74) is 8.62. The van der Waals surface area contributed by atoms with Crippen molar-refractivity contribution in [2.24, 2.45) is 0 Å². The lowest BCUT2D eigenvalue weighted by Crippen LogP contribution is -2.30. The molecule has 0 spiro atoms. The van der Waals surface area contributed by atoms with Gasteiger partial charge in [-0.15, -0.1) is 0 Å². The van der Waals surface area contributed by atoms with E-state index in [1.165, 1.54) is 33.3 Å². The van der Waals surface area contributed by atoms with Gasteiger partial charge in [0.15, 0.2) is 0 Å². The monoisotopic (exact) mass is 535 g/mol. The summed E-state index contributed by atoms with van der Waals surface area (Å²) in [5.74, 6) is 0. The maximum atomic E-state index is 10.00. The van der Waals surface area contributed by atoms with E-state index in [1.54, 1.807) is 18.2 Å². The number of anilines is 3. The molecule has 0 aliphatic carbocycles. The molecule has 7 aromatic carbocycles. The summed E-state index contributed by atoms with van der Waals surface area (Å²) in [4.78, 5) is 2.43. The quantitative estimate of drug-likeness (QED) is 0.207. The van der Waals surface area contributed by atoms with E-state index in [-0.39, 0.29) is 5.41 Å². The maximum Gasteiger partial charge on any atom is 0.0998 e. The lowest BCUT2D eigenvalue weighted by atomic mass is 9.73. The Morgan fingerprint density at radius 2 is 1.07 bits per heavy atom. The molecule has 0 bridgehead atoms. The van der Waals surface area contributed by atoms with Crippen molar-refractivity contribution in [3.05, 3.63) is 138 Å². The molecule has 0 fully saturated rings. The summed E-state index contributed by atoms with van der Waals surface area (Å²) in [5, 5.41) is 26.8. The molecule has 0 saturated heterocycles. The molecular weight excluding hydrogens is 510 g/mol. The normalized spacial score (nSPS) is 13.6. The van der Waals surface area contributed by atoms with Gasteiger partial charge in [0.2, 0.25) is 0 Å². The largest absolute Gasteiger partial charge is 0.309 e. The van der Waals surface area contributed by atoms with Crippen molar-refractivity contribution in [3.63, 3.8) is 0 Å². The van der Waals surface area contributed by atoms with Gasteiger partial charge < -0.3 is 4.90 Å². The van der Waals surface area contributed by atoms with E-state index in [1.807, 2.05) is 0 Å². The molecule has 3 nitrogen and oxygen atoms in total. The average molecular weight is 536 g/mol. The van der Waals surface area contributed by atoms with Crippen LogP contribution in [0.1, 0.15) is 36.1 Å². The van der Waals surface area contributed by atoms with E-state index in [2.05, 4.69) is 128 Å². The van der Waals surface area contributed by atoms with Crippen LogP contribution in [0.25, 0.3) is 43.4 Å². The molecule has 1 heterocycles. The fraction of sp³-hybridized carbons (Fsp3) is 0.0769.